The summed E-state index contributed by atoms with van der Waals surface area (Å²) < 4.78 is 5.30. The summed E-state index contributed by atoms with van der Waals surface area (Å²) in [5.41, 5.74) is 6.49. The number of hydrogen-bond donors (Lipinski definition) is 0. The van der Waals surface area contributed by atoms with E-state index in [1.165, 1.54) is 16.7 Å². The molecule has 0 radical (unpaired) electrons. The average Bonchev–Trinajstić information content (AvgIpc) is 2.85. The van der Waals surface area contributed by atoms with Gasteiger partial charge in [-0.15, -0.1) is 0 Å². The molecule has 1 fully saturated rings. The van der Waals surface area contributed by atoms with Gasteiger partial charge in [-0.2, -0.15) is 0 Å². The van der Waals surface area contributed by atoms with Gasteiger partial charge in [0.05, 0.1) is 6.61 Å². The largest absolute Gasteiger partial charge is 0.449 e. The van der Waals surface area contributed by atoms with Crippen LogP contribution in [0.15, 0.2) is 66.9 Å². The topological polar surface area (TPSA) is 59.5 Å². The van der Waals surface area contributed by atoms with E-state index in [2.05, 4.69) is 54.4 Å². The minimum atomic E-state index is -0.195. The smallest absolute Gasteiger partial charge is 0.409 e. The summed E-state index contributed by atoms with van der Waals surface area (Å²) >= 11 is 0. The molecule has 5 nitrogen and oxygen atoms in total. The number of amides is 1. The molecule has 1 aromatic heterocycles. The Labute approximate surface area is 208 Å². The van der Waals surface area contributed by atoms with Crippen LogP contribution in [-0.4, -0.2) is 42.0 Å². The first kappa shape index (κ1) is 24.6. The molecule has 1 saturated heterocycles. The Morgan fingerprint density at radius 1 is 1.14 bits per heavy atom. The number of ether oxygens (including phenoxy) is 1. The third kappa shape index (κ3) is 6.16. The zero-order chi connectivity index (χ0) is 24.6. The predicted octanol–water partition coefficient (Wildman–Crippen LogP) is 6.30. The minimum Gasteiger partial charge on any atom is -0.449 e. The molecule has 0 N–H and O–H groups in total. The quantitative estimate of drug-likeness (QED) is 0.258. The lowest BCUT2D eigenvalue weighted by atomic mass is 9.84. The lowest BCUT2D eigenvalue weighted by Gasteiger charge is -2.38. The Balaban J connectivity index is 1.39. The molecule has 2 aromatic carbocycles. The zero-order valence-electron chi connectivity index (χ0n) is 20.7. The van der Waals surface area contributed by atoms with E-state index in [9.17, 15) is 9.59 Å². The van der Waals surface area contributed by atoms with Crippen LogP contribution in [0.5, 0.6) is 0 Å². The van der Waals surface area contributed by atoms with Gasteiger partial charge in [0.15, 0.2) is 0 Å². The summed E-state index contributed by atoms with van der Waals surface area (Å²) in [7, 11) is 0. The fraction of sp³-hybridized carbons (Fsp3) is 0.367. The monoisotopic (exact) mass is 470 g/mol. The summed E-state index contributed by atoms with van der Waals surface area (Å²) in [4.78, 5) is 29.9. The van der Waals surface area contributed by atoms with Gasteiger partial charge in [-0.05, 0) is 60.6 Å². The molecule has 1 amide bonds. The third-order valence-corrected chi connectivity index (χ3v) is 6.86. The van der Waals surface area contributed by atoms with Crippen molar-refractivity contribution >= 4 is 12.4 Å². The summed E-state index contributed by atoms with van der Waals surface area (Å²) in [6, 6.07) is 20.8. The normalized spacial score (nSPS) is 14.3. The standard InChI is InChI=1S/C30H34N2O3/c1-3-4-17-35-30(34)32-19-27(20-32)24-12-9-23(10-13-24)11-14-29(25-15-16-31-22(2)18-25)28-8-6-5-7-26(28)21-33/h5-10,12-13,15-16,18,21,27,29H,3-4,11,14,17,19-20H2,1-2H3. The highest BCUT2D eigenvalue weighted by Crippen LogP contribution is 2.32. The molecule has 3 aromatic rings. The van der Waals surface area contributed by atoms with E-state index in [0.29, 0.717) is 12.5 Å². The number of benzene rings is 2. The highest BCUT2D eigenvalue weighted by atomic mass is 16.6. The second-order valence-electron chi connectivity index (χ2n) is 9.38. The Morgan fingerprint density at radius 2 is 1.91 bits per heavy atom. The maximum atomic E-state index is 12.1. The SMILES string of the molecule is CCCCOC(=O)N1CC(c2ccc(CCC(c3ccnc(C)c3)c3ccccc3C=O)cc2)C1. The molecule has 0 spiro atoms. The predicted molar refractivity (Wildman–Crippen MR) is 138 cm³/mol. The number of hydrogen-bond acceptors (Lipinski definition) is 4. The van der Waals surface area contributed by atoms with Crippen molar-refractivity contribution in [3.05, 3.63) is 100 Å². The number of likely N-dealkylation sites (tertiary alicyclic amines) is 1. The highest BCUT2D eigenvalue weighted by Gasteiger charge is 2.32. The van der Waals surface area contributed by atoms with Gasteiger partial charge in [-0.25, -0.2) is 4.79 Å². The van der Waals surface area contributed by atoms with E-state index in [1.54, 1.807) is 4.90 Å². The van der Waals surface area contributed by atoms with Gasteiger partial charge in [-0.3, -0.25) is 9.78 Å². The Kier molecular flexibility index (Phi) is 8.30. The van der Waals surface area contributed by atoms with Gasteiger partial charge in [0, 0.05) is 42.4 Å². The van der Waals surface area contributed by atoms with Crippen LogP contribution in [0.1, 0.15) is 76.3 Å². The Hall–Kier alpha value is -3.47. The van der Waals surface area contributed by atoms with Crippen LogP contribution in [0.25, 0.3) is 0 Å². The van der Waals surface area contributed by atoms with Crippen molar-refractivity contribution in [3.63, 3.8) is 0 Å². The second kappa shape index (κ2) is 11.8. The summed E-state index contributed by atoms with van der Waals surface area (Å²) in [6.45, 7) is 6.02. The van der Waals surface area contributed by atoms with E-state index >= 15 is 0 Å². The van der Waals surface area contributed by atoms with Crippen molar-refractivity contribution in [1.29, 1.82) is 0 Å². The first-order valence-corrected chi connectivity index (χ1v) is 12.6. The van der Waals surface area contributed by atoms with E-state index in [-0.39, 0.29) is 12.0 Å². The lowest BCUT2D eigenvalue weighted by molar-refractivity contribution is 0.0705. The summed E-state index contributed by atoms with van der Waals surface area (Å²) in [6.07, 6.45) is 6.33. The maximum Gasteiger partial charge on any atom is 0.409 e. The molecule has 35 heavy (non-hydrogen) atoms. The van der Waals surface area contributed by atoms with E-state index in [4.69, 9.17) is 4.74 Å². The number of nitrogens with zero attached hydrogens (tertiary/aromatic N) is 2. The first-order chi connectivity index (χ1) is 17.1. The van der Waals surface area contributed by atoms with Crippen LogP contribution in [0.4, 0.5) is 4.79 Å². The van der Waals surface area contributed by atoms with E-state index < -0.39 is 0 Å². The number of rotatable bonds is 10. The van der Waals surface area contributed by atoms with Gasteiger partial charge >= 0.3 is 6.09 Å². The first-order valence-electron chi connectivity index (χ1n) is 12.6. The van der Waals surface area contributed by atoms with Crippen molar-refractivity contribution in [2.45, 2.75) is 51.4 Å². The van der Waals surface area contributed by atoms with Gasteiger partial charge < -0.3 is 9.64 Å². The van der Waals surface area contributed by atoms with Crippen LogP contribution in [0.3, 0.4) is 0 Å². The minimum absolute atomic E-state index is 0.122. The second-order valence-corrected chi connectivity index (χ2v) is 9.38. The fourth-order valence-corrected chi connectivity index (χ4v) is 4.72. The van der Waals surface area contributed by atoms with Crippen molar-refractivity contribution in [3.8, 4) is 0 Å². The molecule has 2 heterocycles. The molecule has 182 valence electrons. The number of carbonyl (C=O) groups excluding carboxylic acids is 2. The molecular weight excluding hydrogens is 436 g/mol. The van der Waals surface area contributed by atoms with Crippen LogP contribution in [-0.2, 0) is 11.2 Å². The number of unbranched alkanes of at least 4 members (excludes halogenated alkanes) is 1. The van der Waals surface area contributed by atoms with Crippen molar-refractivity contribution in [1.82, 2.24) is 9.88 Å². The van der Waals surface area contributed by atoms with Crippen molar-refractivity contribution < 1.29 is 14.3 Å². The molecule has 0 bridgehead atoms. The fourth-order valence-electron chi connectivity index (χ4n) is 4.72. The number of aldehydes is 1. The molecule has 1 aliphatic heterocycles. The lowest BCUT2D eigenvalue weighted by Crippen LogP contribution is -2.48. The maximum absolute atomic E-state index is 12.1. The molecule has 1 atom stereocenters. The van der Waals surface area contributed by atoms with Crippen molar-refractivity contribution in [2.75, 3.05) is 19.7 Å². The van der Waals surface area contributed by atoms with Crippen LogP contribution < -0.4 is 0 Å². The van der Waals surface area contributed by atoms with E-state index in [0.717, 1.165) is 61.9 Å². The van der Waals surface area contributed by atoms with Crippen LogP contribution in [0.2, 0.25) is 0 Å². The molecule has 5 heteroatoms. The molecule has 1 aliphatic rings. The van der Waals surface area contributed by atoms with Gasteiger partial charge in [-0.1, -0.05) is 61.9 Å². The molecule has 0 aliphatic carbocycles. The molecule has 4 rings (SSSR count). The van der Waals surface area contributed by atoms with Crippen LogP contribution in [0, 0.1) is 6.92 Å². The number of aryl methyl sites for hydroxylation is 2. The van der Waals surface area contributed by atoms with Gasteiger partial charge in [0.25, 0.3) is 0 Å². The van der Waals surface area contributed by atoms with Gasteiger partial charge in [0.2, 0.25) is 0 Å². The summed E-state index contributed by atoms with van der Waals surface area (Å²) in [5, 5.41) is 0. The number of carbonyl (C=O) groups is 2. The Morgan fingerprint density at radius 3 is 2.63 bits per heavy atom. The molecular formula is C30H34N2O3. The van der Waals surface area contributed by atoms with Crippen LogP contribution >= 0.6 is 0 Å². The van der Waals surface area contributed by atoms with Crippen molar-refractivity contribution in [2.24, 2.45) is 0 Å². The van der Waals surface area contributed by atoms with E-state index in [1.807, 2.05) is 31.3 Å². The molecule has 0 saturated carbocycles. The number of aromatic nitrogens is 1. The Bertz CT molecular complexity index is 1140. The number of pyridine rings is 1. The average molecular weight is 471 g/mol. The zero-order valence-corrected chi connectivity index (χ0v) is 20.7. The van der Waals surface area contributed by atoms with Gasteiger partial charge in [0.1, 0.15) is 6.29 Å². The summed E-state index contributed by atoms with van der Waals surface area (Å²) in [5.74, 6) is 0.492. The third-order valence-electron chi connectivity index (χ3n) is 6.86. The highest BCUT2D eigenvalue weighted by molar-refractivity contribution is 5.78. The molecule has 1 unspecified atom stereocenters.